The standard InChI is InChI=1S/C9H19N.C5H12.2C2H6.Y/c1-9(2,3)8-5-6-10(4)7-8;1-5(2,3)4;2*1-2;/h8H,5-7H2,1-4H3;1-4H3;2*1-2H3;. The topological polar surface area (TPSA) is 3.24 Å². The van der Waals surface area contributed by atoms with Crippen LogP contribution >= 0.6 is 0 Å². The van der Waals surface area contributed by atoms with Crippen LogP contribution in [0.25, 0.3) is 0 Å². The van der Waals surface area contributed by atoms with E-state index in [-0.39, 0.29) is 32.7 Å². The van der Waals surface area contributed by atoms with Crippen molar-refractivity contribution in [1.29, 1.82) is 0 Å². The van der Waals surface area contributed by atoms with Gasteiger partial charge in [0.2, 0.25) is 0 Å². The predicted molar refractivity (Wildman–Crippen MR) is 92.9 cm³/mol. The zero-order chi connectivity index (χ0) is 16.3. The minimum atomic E-state index is 0. The molecule has 0 aromatic rings. The summed E-state index contributed by atoms with van der Waals surface area (Å²) < 4.78 is 0. The van der Waals surface area contributed by atoms with E-state index >= 15 is 0 Å². The van der Waals surface area contributed by atoms with Crippen LogP contribution < -0.4 is 0 Å². The summed E-state index contributed by atoms with van der Waals surface area (Å²) in [7, 11) is 2.21. The Bertz CT molecular complexity index is 171. The molecule has 0 aromatic heterocycles. The van der Waals surface area contributed by atoms with Gasteiger partial charge >= 0.3 is 0 Å². The molecule has 1 aliphatic rings. The van der Waals surface area contributed by atoms with Gasteiger partial charge in [-0.15, -0.1) is 0 Å². The SMILES string of the molecule is CC.CC.CC(C)(C)C.CN1CCC(C(C)(C)C)C1.[Y]. The van der Waals surface area contributed by atoms with Crippen molar-refractivity contribution in [3.63, 3.8) is 0 Å². The van der Waals surface area contributed by atoms with Gasteiger partial charge in [-0.1, -0.05) is 76.2 Å². The number of nitrogens with zero attached hydrogens (tertiary/aromatic N) is 1. The predicted octanol–water partition coefficient (Wildman–Crippen LogP) is 6.09. The van der Waals surface area contributed by atoms with E-state index in [1.54, 1.807) is 0 Å². The second-order valence-corrected chi connectivity index (χ2v) is 7.61. The van der Waals surface area contributed by atoms with Crippen molar-refractivity contribution in [3.05, 3.63) is 0 Å². The summed E-state index contributed by atoms with van der Waals surface area (Å²) >= 11 is 0. The molecular weight excluding hydrogens is 319 g/mol. The van der Waals surface area contributed by atoms with E-state index in [9.17, 15) is 0 Å². The van der Waals surface area contributed by atoms with Gasteiger partial charge in [-0.25, -0.2) is 0 Å². The third kappa shape index (κ3) is 24.1. The third-order valence-corrected chi connectivity index (χ3v) is 2.62. The molecule has 1 nitrogen and oxygen atoms in total. The van der Waals surface area contributed by atoms with Gasteiger partial charge < -0.3 is 4.90 Å². The molecule has 0 aliphatic carbocycles. The Hall–Kier alpha value is 1.06. The summed E-state index contributed by atoms with van der Waals surface area (Å²) in [6.07, 6.45) is 1.39. The average Bonchev–Trinajstić information content (AvgIpc) is 2.68. The monoisotopic (exact) mass is 362 g/mol. The van der Waals surface area contributed by atoms with Gasteiger partial charge in [0, 0.05) is 39.3 Å². The summed E-state index contributed by atoms with van der Waals surface area (Å²) in [5, 5.41) is 0. The normalized spacial score (nSPS) is 18.3. The smallest absolute Gasteiger partial charge is 0.00121 e. The molecule has 0 spiro atoms. The summed E-state index contributed by atoms with van der Waals surface area (Å²) in [6, 6.07) is 0. The van der Waals surface area contributed by atoms with Gasteiger partial charge in [0.25, 0.3) is 0 Å². The van der Waals surface area contributed by atoms with Crippen molar-refractivity contribution in [1.82, 2.24) is 4.90 Å². The maximum atomic E-state index is 2.43. The molecule has 0 N–H and O–H groups in total. The summed E-state index contributed by atoms with van der Waals surface area (Å²) in [5.41, 5.74) is 1.02. The Kier molecular flexibility index (Phi) is 21.8. The van der Waals surface area contributed by atoms with Crippen molar-refractivity contribution in [2.45, 2.75) is 82.6 Å². The van der Waals surface area contributed by atoms with Crippen LogP contribution in [0.3, 0.4) is 0 Å². The molecule has 123 valence electrons. The van der Waals surface area contributed by atoms with Crippen molar-refractivity contribution >= 4 is 0 Å². The van der Waals surface area contributed by atoms with E-state index in [1.165, 1.54) is 19.5 Å². The molecule has 1 saturated heterocycles. The van der Waals surface area contributed by atoms with Crippen LogP contribution in [0.1, 0.15) is 82.6 Å². The van der Waals surface area contributed by atoms with Gasteiger partial charge in [-0.3, -0.25) is 0 Å². The zero-order valence-electron chi connectivity index (χ0n) is 16.7. The maximum absolute atomic E-state index is 2.43. The summed E-state index contributed by atoms with van der Waals surface area (Å²) in [5.74, 6) is 0.914. The van der Waals surface area contributed by atoms with Crippen molar-refractivity contribution < 1.29 is 32.7 Å². The first-order valence-electron chi connectivity index (χ1n) is 8.18. The fourth-order valence-corrected chi connectivity index (χ4v) is 1.64. The molecule has 1 rings (SSSR count). The van der Waals surface area contributed by atoms with Crippen LogP contribution in [0.15, 0.2) is 0 Å². The summed E-state index contributed by atoms with van der Waals surface area (Å²) in [6.45, 7) is 26.4. The van der Waals surface area contributed by atoms with Gasteiger partial charge in [0.15, 0.2) is 0 Å². The van der Waals surface area contributed by atoms with Gasteiger partial charge in [-0.05, 0) is 36.8 Å². The fourth-order valence-electron chi connectivity index (χ4n) is 1.64. The third-order valence-electron chi connectivity index (χ3n) is 2.62. The molecule has 0 saturated carbocycles. The Morgan fingerprint density at radius 3 is 1.20 bits per heavy atom. The molecule has 1 radical (unpaired) electrons. The Labute approximate surface area is 156 Å². The van der Waals surface area contributed by atoms with Crippen molar-refractivity contribution in [2.24, 2.45) is 16.7 Å². The van der Waals surface area contributed by atoms with Crippen LogP contribution in [0, 0.1) is 16.7 Å². The molecule has 1 aliphatic heterocycles. The van der Waals surface area contributed by atoms with E-state index < -0.39 is 0 Å². The molecule has 0 bridgehead atoms. The first-order chi connectivity index (χ1) is 8.50. The quantitative estimate of drug-likeness (QED) is 0.504. The number of likely N-dealkylation sites (tertiary alicyclic amines) is 1. The van der Waals surface area contributed by atoms with Crippen LogP contribution in [-0.2, 0) is 32.7 Å². The maximum Gasteiger partial charge on any atom is 0.00121 e. The summed E-state index contributed by atoms with van der Waals surface area (Å²) in [4.78, 5) is 2.43. The fraction of sp³-hybridized carbons (Fsp3) is 1.00. The average molecular weight is 362 g/mol. The van der Waals surface area contributed by atoms with Gasteiger partial charge in [0.1, 0.15) is 0 Å². The first kappa shape index (κ1) is 29.1. The van der Waals surface area contributed by atoms with E-state index in [0.29, 0.717) is 10.8 Å². The minimum absolute atomic E-state index is 0. The van der Waals surface area contributed by atoms with Crippen molar-refractivity contribution in [3.8, 4) is 0 Å². The van der Waals surface area contributed by atoms with Gasteiger partial charge in [-0.2, -0.15) is 0 Å². The molecule has 0 amide bonds. The van der Waals surface area contributed by atoms with Crippen LogP contribution in [0.5, 0.6) is 0 Å². The molecule has 1 unspecified atom stereocenters. The van der Waals surface area contributed by atoms with E-state index in [2.05, 4.69) is 60.4 Å². The van der Waals surface area contributed by atoms with Crippen LogP contribution in [-0.4, -0.2) is 25.0 Å². The molecule has 1 fully saturated rings. The van der Waals surface area contributed by atoms with Crippen molar-refractivity contribution in [2.75, 3.05) is 20.1 Å². The Morgan fingerprint density at radius 1 is 0.800 bits per heavy atom. The molecule has 1 atom stereocenters. The first-order valence-corrected chi connectivity index (χ1v) is 8.18. The van der Waals surface area contributed by atoms with E-state index in [0.717, 1.165) is 5.92 Å². The van der Waals surface area contributed by atoms with Crippen LogP contribution in [0.4, 0.5) is 0 Å². The minimum Gasteiger partial charge on any atom is -0.306 e. The largest absolute Gasteiger partial charge is 0.306 e. The molecule has 0 aromatic carbocycles. The second-order valence-electron chi connectivity index (χ2n) is 7.61. The molecule has 1 heterocycles. The number of hydrogen-bond acceptors (Lipinski definition) is 1. The Morgan fingerprint density at radius 2 is 1.10 bits per heavy atom. The second kappa shape index (κ2) is 15.0. The molecule has 2 heteroatoms. The zero-order valence-corrected chi connectivity index (χ0v) is 19.6. The van der Waals surface area contributed by atoms with E-state index in [4.69, 9.17) is 0 Å². The number of hydrogen-bond donors (Lipinski definition) is 0. The molecule has 20 heavy (non-hydrogen) atoms. The van der Waals surface area contributed by atoms with E-state index in [1.807, 2.05) is 27.7 Å². The molecular formula is C18H43NY. The van der Waals surface area contributed by atoms with Crippen LogP contribution in [0.2, 0.25) is 0 Å². The Balaban J connectivity index is -0.000000110. The van der Waals surface area contributed by atoms with Gasteiger partial charge in [0.05, 0.1) is 0 Å². The number of rotatable bonds is 0.